The number of rotatable bonds is 5. The Morgan fingerprint density at radius 3 is 2.65 bits per heavy atom. The minimum absolute atomic E-state index is 0. The van der Waals surface area contributed by atoms with Gasteiger partial charge in [0.2, 0.25) is 0 Å². The van der Waals surface area contributed by atoms with E-state index in [1.807, 2.05) is 0 Å². The van der Waals surface area contributed by atoms with Gasteiger partial charge in [-0.2, -0.15) is 5.10 Å². The van der Waals surface area contributed by atoms with Crippen molar-refractivity contribution in [1.29, 1.82) is 0 Å². The maximum atomic E-state index is 11.1. The van der Waals surface area contributed by atoms with Gasteiger partial charge in [-0.3, -0.25) is 10.1 Å². The van der Waals surface area contributed by atoms with Gasteiger partial charge in [0.05, 0.1) is 16.7 Å². The summed E-state index contributed by atoms with van der Waals surface area (Å²) < 4.78 is 6.81. The summed E-state index contributed by atoms with van der Waals surface area (Å²) in [4.78, 5) is 10.6. The van der Waals surface area contributed by atoms with Crippen molar-refractivity contribution in [1.82, 2.24) is 14.9 Å². The van der Waals surface area contributed by atoms with Crippen molar-refractivity contribution < 1.29 is 9.34 Å². The van der Waals surface area contributed by atoms with Gasteiger partial charge in [-0.15, -0.1) is 35.0 Å². The molecule has 0 saturated heterocycles. The molecule has 0 radical (unpaired) electrons. The first-order valence-electron chi connectivity index (χ1n) is 6.86. The lowest BCUT2D eigenvalue weighted by molar-refractivity contribution is -0.384. The summed E-state index contributed by atoms with van der Waals surface area (Å²) in [7, 11) is 0. The third-order valence-electron chi connectivity index (χ3n) is 3.22. The lowest BCUT2D eigenvalue weighted by atomic mass is 10.1. The lowest BCUT2D eigenvalue weighted by Gasteiger charge is -1.99. The Morgan fingerprint density at radius 1 is 1.27 bits per heavy atom. The molecule has 0 bridgehead atoms. The van der Waals surface area contributed by atoms with Crippen LogP contribution in [0.1, 0.15) is 11.6 Å². The number of nitro benzene ring substituents is 1. The normalized spacial score (nSPS) is 10.2. The number of aryl methyl sites for hydroxylation is 1. The van der Waals surface area contributed by atoms with Crippen LogP contribution in [0.25, 0.3) is 11.3 Å². The summed E-state index contributed by atoms with van der Waals surface area (Å²) in [5, 5.41) is 22.6. The highest BCUT2D eigenvalue weighted by Crippen LogP contribution is 2.30. The number of hydrogen-bond donors (Lipinski definition) is 2. The fraction of sp³-hybridized carbons (Fsp3) is 0.0714. The molecule has 0 fully saturated rings. The van der Waals surface area contributed by atoms with E-state index in [4.69, 9.17) is 10.3 Å². The van der Waals surface area contributed by atoms with E-state index < -0.39 is 4.92 Å². The zero-order chi connectivity index (χ0) is 17.1. The van der Waals surface area contributed by atoms with E-state index in [9.17, 15) is 10.1 Å². The summed E-state index contributed by atoms with van der Waals surface area (Å²) in [5.41, 5.74) is 2.99. The zero-order valence-electron chi connectivity index (χ0n) is 13.4. The molecule has 3 aromatic rings. The molecule has 3 N–H and O–H groups in total. The number of nitro groups is 1. The molecule has 1 aromatic carbocycles. The molecule has 0 saturated carbocycles. The highest BCUT2D eigenvalue weighted by Gasteiger charge is 2.16. The van der Waals surface area contributed by atoms with E-state index in [0.29, 0.717) is 22.9 Å². The van der Waals surface area contributed by atoms with Gasteiger partial charge in [0, 0.05) is 6.07 Å². The number of halogens is 2. The first-order chi connectivity index (χ1) is 11.6. The maximum absolute atomic E-state index is 11.1. The number of aromatic nitrogens is 3. The monoisotopic (exact) mass is 399 g/mol. The maximum Gasteiger partial charge on any atom is 0.280 e. The topological polar surface area (TPSA) is 137 Å². The molecule has 26 heavy (non-hydrogen) atoms. The number of nitrogens with one attached hydrogen (secondary N) is 1. The van der Waals surface area contributed by atoms with Gasteiger partial charge in [0.15, 0.2) is 5.82 Å². The second-order valence-electron chi connectivity index (χ2n) is 4.79. The molecule has 0 aliphatic carbocycles. The second kappa shape index (κ2) is 8.83. The number of hydrogen-bond acceptors (Lipinski definition) is 8. The van der Waals surface area contributed by atoms with Crippen molar-refractivity contribution in [3.05, 3.63) is 58.1 Å². The molecule has 0 aliphatic rings. The van der Waals surface area contributed by atoms with Crippen molar-refractivity contribution in [2.45, 2.75) is 6.92 Å². The molecule has 2 heterocycles. The van der Waals surface area contributed by atoms with Gasteiger partial charge >= 0.3 is 0 Å². The van der Waals surface area contributed by atoms with E-state index in [-0.39, 0.29) is 36.4 Å². The van der Waals surface area contributed by atoms with E-state index in [0.717, 1.165) is 0 Å². The predicted molar refractivity (Wildman–Crippen MR) is 101 cm³/mol. The first-order valence-corrected chi connectivity index (χ1v) is 6.86. The molecule has 10 nitrogen and oxygen atoms in total. The van der Waals surface area contributed by atoms with Crippen molar-refractivity contribution in [3.8, 4) is 11.3 Å². The van der Waals surface area contributed by atoms with Crippen molar-refractivity contribution in [2.75, 3.05) is 11.3 Å². The Kier molecular flexibility index (Phi) is 7.11. The van der Waals surface area contributed by atoms with Gasteiger partial charge in [0.25, 0.3) is 11.6 Å². The van der Waals surface area contributed by atoms with E-state index in [1.54, 1.807) is 37.3 Å². The third-order valence-corrected chi connectivity index (χ3v) is 3.22. The summed E-state index contributed by atoms with van der Waals surface area (Å²) in [5.74, 6) is 7.27. The van der Waals surface area contributed by atoms with Crippen LogP contribution in [0.3, 0.4) is 0 Å². The number of benzene rings is 1. The molecule has 2 aromatic heterocycles. The molecule has 0 unspecified atom stereocenters. The fourth-order valence-electron chi connectivity index (χ4n) is 2.01. The number of hydrazone groups is 1. The standard InChI is InChI=1S/C14H13N7O3.2ClH/c1-9-17-19-14(20(9)15)18-16-8-10-6-7-13(24-10)11-4-2-3-5-12(11)21(22)23;;/h2-8H,15H2,1H3,(H,18,19);2*1H. The van der Waals surface area contributed by atoms with Crippen LogP contribution >= 0.6 is 24.8 Å². The van der Waals surface area contributed by atoms with Crippen molar-refractivity contribution >= 4 is 42.7 Å². The van der Waals surface area contributed by atoms with E-state index in [2.05, 4.69) is 20.7 Å². The summed E-state index contributed by atoms with van der Waals surface area (Å²) in [6.07, 6.45) is 1.41. The predicted octanol–water partition coefficient (Wildman–Crippen LogP) is 2.76. The van der Waals surface area contributed by atoms with Crippen LogP contribution in [-0.2, 0) is 0 Å². The number of anilines is 1. The van der Waals surface area contributed by atoms with E-state index in [1.165, 1.54) is 17.0 Å². The zero-order valence-corrected chi connectivity index (χ0v) is 15.0. The van der Waals surface area contributed by atoms with Gasteiger partial charge in [-0.25, -0.2) is 10.1 Å². The number of para-hydroxylation sites is 1. The summed E-state index contributed by atoms with van der Waals surface area (Å²) >= 11 is 0. The number of nitrogen functional groups attached to an aromatic ring is 1. The lowest BCUT2D eigenvalue weighted by Crippen LogP contribution is -2.13. The molecular formula is C14H15Cl2N7O3. The number of nitrogens with zero attached hydrogens (tertiary/aromatic N) is 5. The molecule has 3 rings (SSSR count). The van der Waals surface area contributed by atoms with Gasteiger partial charge in [0.1, 0.15) is 11.5 Å². The Bertz CT molecular complexity index is 923. The van der Waals surface area contributed by atoms with Gasteiger partial charge in [-0.1, -0.05) is 12.1 Å². The van der Waals surface area contributed by atoms with Crippen LogP contribution in [0, 0.1) is 17.0 Å². The van der Waals surface area contributed by atoms with Crippen LogP contribution in [0.4, 0.5) is 11.6 Å². The number of furan rings is 1. The molecule has 0 spiro atoms. The van der Waals surface area contributed by atoms with Crippen LogP contribution in [-0.4, -0.2) is 26.0 Å². The second-order valence-corrected chi connectivity index (χ2v) is 4.79. The number of nitrogens with two attached hydrogens (primary N) is 1. The van der Waals surface area contributed by atoms with Crippen LogP contribution in [0.2, 0.25) is 0 Å². The summed E-state index contributed by atoms with van der Waals surface area (Å²) in [6.45, 7) is 1.70. The molecule has 0 atom stereocenters. The minimum atomic E-state index is -0.455. The highest BCUT2D eigenvalue weighted by atomic mass is 35.5. The molecular weight excluding hydrogens is 385 g/mol. The average molecular weight is 400 g/mol. The molecule has 138 valence electrons. The molecule has 12 heteroatoms. The highest BCUT2D eigenvalue weighted by molar-refractivity contribution is 5.85. The Hall–Kier alpha value is -3.11. The third kappa shape index (κ3) is 4.29. The van der Waals surface area contributed by atoms with Crippen molar-refractivity contribution in [3.63, 3.8) is 0 Å². The van der Waals surface area contributed by atoms with Gasteiger partial charge < -0.3 is 10.3 Å². The van der Waals surface area contributed by atoms with Gasteiger partial charge in [-0.05, 0) is 25.1 Å². The Balaban J connectivity index is 0.00000169. The fourth-order valence-corrected chi connectivity index (χ4v) is 2.01. The molecule has 0 aliphatic heterocycles. The van der Waals surface area contributed by atoms with Crippen LogP contribution < -0.4 is 11.3 Å². The van der Waals surface area contributed by atoms with Crippen molar-refractivity contribution in [2.24, 2.45) is 5.10 Å². The largest absolute Gasteiger partial charge is 0.455 e. The average Bonchev–Trinajstić information content (AvgIpc) is 3.17. The van der Waals surface area contributed by atoms with Crippen LogP contribution in [0.15, 0.2) is 45.9 Å². The van der Waals surface area contributed by atoms with E-state index >= 15 is 0 Å². The SMILES string of the molecule is Cc1nnc(NN=Cc2ccc(-c3ccccc3[N+](=O)[O-])o2)n1N.Cl.Cl. The molecule has 0 amide bonds. The smallest absolute Gasteiger partial charge is 0.280 e. The Labute approximate surface area is 160 Å². The van der Waals surface area contributed by atoms with Crippen LogP contribution in [0.5, 0.6) is 0 Å². The summed E-state index contributed by atoms with van der Waals surface area (Å²) in [6, 6.07) is 9.63. The Morgan fingerprint density at radius 2 is 2.00 bits per heavy atom. The first kappa shape index (κ1) is 20.9. The quantitative estimate of drug-likeness (QED) is 0.291. The minimum Gasteiger partial charge on any atom is -0.455 e.